The van der Waals surface area contributed by atoms with Gasteiger partial charge in [-0.2, -0.15) is 0 Å². The van der Waals surface area contributed by atoms with Crippen LogP contribution in [0.3, 0.4) is 0 Å². The number of benzene rings is 1. The van der Waals surface area contributed by atoms with Crippen molar-refractivity contribution in [2.45, 2.75) is 17.7 Å². The molecule has 150 valence electrons. The number of carbonyl (C=O) groups excluding carboxylic acids is 1. The molecule has 0 radical (unpaired) electrons. The van der Waals surface area contributed by atoms with Crippen molar-refractivity contribution in [3.8, 4) is 0 Å². The van der Waals surface area contributed by atoms with E-state index in [2.05, 4.69) is 4.72 Å². The highest BCUT2D eigenvalue weighted by Gasteiger charge is 2.26. The molecule has 0 spiro atoms. The maximum absolute atomic E-state index is 12.6. The molecule has 9 heteroatoms. The van der Waals surface area contributed by atoms with Gasteiger partial charge in [-0.25, -0.2) is 13.1 Å². The first kappa shape index (κ1) is 20.6. The summed E-state index contributed by atoms with van der Waals surface area (Å²) in [6.45, 7) is 1.24. The molecule has 0 saturated carbocycles. The summed E-state index contributed by atoms with van der Waals surface area (Å²) in [6.07, 6.45) is 2.92. The third-order valence-electron chi connectivity index (χ3n) is 4.94. The van der Waals surface area contributed by atoms with Crippen LogP contribution >= 0.6 is 11.6 Å². The number of piperidine rings is 1. The van der Waals surface area contributed by atoms with Crippen LogP contribution in [0, 0.1) is 5.92 Å². The van der Waals surface area contributed by atoms with Crippen molar-refractivity contribution in [1.29, 1.82) is 0 Å². The van der Waals surface area contributed by atoms with Crippen LogP contribution in [0.2, 0.25) is 5.02 Å². The zero-order valence-corrected chi connectivity index (χ0v) is 17.0. The molecule has 0 unspecified atom stereocenters. The summed E-state index contributed by atoms with van der Waals surface area (Å²) in [7, 11) is -2.07. The predicted molar refractivity (Wildman–Crippen MR) is 107 cm³/mol. The number of aromatic nitrogens is 1. The largest absolute Gasteiger partial charge is 0.338 e. The van der Waals surface area contributed by atoms with Crippen molar-refractivity contribution in [2.75, 3.05) is 19.6 Å². The molecule has 1 fully saturated rings. The molecule has 0 bridgehead atoms. The molecule has 1 aliphatic rings. The van der Waals surface area contributed by atoms with Crippen molar-refractivity contribution in [3.63, 3.8) is 0 Å². The number of likely N-dealkylation sites (tertiary alicyclic amines) is 1. The smallest absolute Gasteiger partial charge is 0.263 e. The number of aryl methyl sites for hydroxylation is 1. The Kier molecular flexibility index (Phi) is 6.22. The molecular weight excluding hydrogens is 402 g/mol. The average molecular weight is 424 g/mol. The number of halogens is 1. The van der Waals surface area contributed by atoms with Gasteiger partial charge in [-0.05, 0) is 43.0 Å². The van der Waals surface area contributed by atoms with Gasteiger partial charge in [-0.15, -0.1) is 0 Å². The molecule has 1 aromatic carbocycles. The highest BCUT2D eigenvalue weighted by Crippen LogP contribution is 2.22. The molecule has 1 N–H and O–H groups in total. The van der Waals surface area contributed by atoms with Gasteiger partial charge in [0.2, 0.25) is 10.0 Å². The second kappa shape index (κ2) is 8.46. The highest BCUT2D eigenvalue weighted by molar-refractivity contribution is 7.89. The second-order valence-corrected chi connectivity index (χ2v) is 9.00. The fourth-order valence-electron chi connectivity index (χ4n) is 3.24. The van der Waals surface area contributed by atoms with Crippen molar-refractivity contribution in [2.24, 2.45) is 13.0 Å². The Bertz CT molecular complexity index is 1030. The van der Waals surface area contributed by atoms with E-state index in [-0.39, 0.29) is 39.4 Å². The number of amides is 1. The third kappa shape index (κ3) is 4.45. The molecule has 28 heavy (non-hydrogen) atoms. The predicted octanol–water partition coefficient (Wildman–Crippen LogP) is 1.87. The lowest BCUT2D eigenvalue weighted by Gasteiger charge is -2.32. The van der Waals surface area contributed by atoms with Crippen molar-refractivity contribution >= 4 is 27.5 Å². The van der Waals surface area contributed by atoms with Crippen LogP contribution in [-0.4, -0.2) is 43.4 Å². The zero-order valence-electron chi connectivity index (χ0n) is 15.5. The van der Waals surface area contributed by atoms with E-state index in [9.17, 15) is 18.0 Å². The lowest BCUT2D eigenvalue weighted by molar-refractivity contribution is 0.0689. The van der Waals surface area contributed by atoms with E-state index in [1.807, 2.05) is 0 Å². The van der Waals surface area contributed by atoms with Gasteiger partial charge < -0.3 is 9.47 Å². The summed E-state index contributed by atoms with van der Waals surface area (Å²) >= 11 is 5.98. The molecule has 1 aromatic heterocycles. The van der Waals surface area contributed by atoms with E-state index in [0.717, 1.165) is 0 Å². The van der Waals surface area contributed by atoms with Crippen LogP contribution < -0.4 is 10.3 Å². The van der Waals surface area contributed by atoms with Crippen LogP contribution in [0.5, 0.6) is 0 Å². The summed E-state index contributed by atoms with van der Waals surface area (Å²) in [5.41, 5.74) is -0.162. The van der Waals surface area contributed by atoms with Crippen LogP contribution in [-0.2, 0) is 17.1 Å². The Morgan fingerprint density at radius 2 is 1.86 bits per heavy atom. The Balaban J connectivity index is 1.57. The van der Waals surface area contributed by atoms with E-state index in [1.54, 1.807) is 36.3 Å². The topological polar surface area (TPSA) is 88.5 Å². The van der Waals surface area contributed by atoms with Crippen LogP contribution in [0.25, 0.3) is 0 Å². The minimum atomic E-state index is -3.68. The molecule has 3 rings (SSSR count). The number of rotatable bonds is 5. The van der Waals surface area contributed by atoms with Gasteiger partial charge in [0.25, 0.3) is 11.5 Å². The Morgan fingerprint density at radius 1 is 1.18 bits per heavy atom. The molecule has 1 aliphatic heterocycles. The quantitative estimate of drug-likeness (QED) is 0.795. The van der Waals surface area contributed by atoms with Gasteiger partial charge in [0.15, 0.2) is 0 Å². The first-order valence-corrected chi connectivity index (χ1v) is 10.8. The normalized spacial score (nSPS) is 15.6. The Labute approximate surface area is 169 Å². The number of carbonyl (C=O) groups is 1. The lowest BCUT2D eigenvalue weighted by Crippen LogP contribution is -2.43. The summed E-state index contributed by atoms with van der Waals surface area (Å²) in [6, 6.07) is 9.51. The van der Waals surface area contributed by atoms with Crippen molar-refractivity contribution in [3.05, 3.63) is 63.5 Å². The van der Waals surface area contributed by atoms with E-state index < -0.39 is 10.0 Å². The Morgan fingerprint density at radius 3 is 2.54 bits per heavy atom. The molecule has 1 amide bonds. The van der Waals surface area contributed by atoms with Crippen LogP contribution in [0.1, 0.15) is 23.2 Å². The number of nitrogens with zero attached hydrogens (tertiary/aromatic N) is 2. The molecule has 2 aromatic rings. The second-order valence-electron chi connectivity index (χ2n) is 6.86. The van der Waals surface area contributed by atoms with Crippen molar-refractivity contribution in [1.82, 2.24) is 14.2 Å². The molecule has 1 saturated heterocycles. The van der Waals surface area contributed by atoms with Crippen LogP contribution in [0.15, 0.2) is 52.3 Å². The number of hydrogen-bond donors (Lipinski definition) is 1. The van der Waals surface area contributed by atoms with Gasteiger partial charge >= 0.3 is 0 Å². The summed E-state index contributed by atoms with van der Waals surface area (Å²) in [5.74, 6) is -0.170. The van der Waals surface area contributed by atoms with Crippen molar-refractivity contribution < 1.29 is 13.2 Å². The molecule has 0 aliphatic carbocycles. The first-order valence-electron chi connectivity index (χ1n) is 8.98. The fourth-order valence-corrected chi connectivity index (χ4v) is 4.87. The SMILES string of the molecule is Cn1cccc(C(=O)N2CCC(CNS(=O)(=O)c3ccccc3Cl)CC2)c1=O. The van der Waals surface area contributed by atoms with E-state index >= 15 is 0 Å². The van der Waals surface area contributed by atoms with E-state index in [0.29, 0.717) is 25.9 Å². The monoisotopic (exact) mass is 423 g/mol. The summed E-state index contributed by atoms with van der Waals surface area (Å²) in [4.78, 5) is 26.4. The van der Waals surface area contributed by atoms with Gasteiger partial charge in [0.1, 0.15) is 10.5 Å². The van der Waals surface area contributed by atoms with E-state index in [1.165, 1.54) is 22.8 Å². The maximum Gasteiger partial charge on any atom is 0.263 e. The third-order valence-corrected chi connectivity index (χ3v) is 6.87. The summed E-state index contributed by atoms with van der Waals surface area (Å²) in [5, 5.41) is 0.180. The number of sulfonamides is 1. The van der Waals surface area contributed by atoms with Gasteiger partial charge in [-0.1, -0.05) is 23.7 Å². The minimum Gasteiger partial charge on any atom is -0.338 e. The molecule has 0 atom stereocenters. The van der Waals surface area contributed by atoms with E-state index in [4.69, 9.17) is 11.6 Å². The molecule has 2 heterocycles. The van der Waals surface area contributed by atoms with Crippen LogP contribution in [0.4, 0.5) is 0 Å². The maximum atomic E-state index is 12.6. The average Bonchev–Trinajstić information content (AvgIpc) is 2.69. The summed E-state index contributed by atoms with van der Waals surface area (Å²) < 4.78 is 28.8. The number of hydrogen-bond acceptors (Lipinski definition) is 4. The molecular formula is C19H22ClN3O4S. The minimum absolute atomic E-state index is 0.0594. The van der Waals surface area contributed by atoms with Gasteiger partial charge in [0.05, 0.1) is 5.02 Å². The lowest BCUT2D eigenvalue weighted by atomic mass is 9.97. The van der Waals surface area contributed by atoms with Gasteiger partial charge in [-0.3, -0.25) is 9.59 Å². The first-order chi connectivity index (χ1) is 13.3. The zero-order chi connectivity index (χ0) is 20.3. The Hall–Kier alpha value is -2.16. The number of pyridine rings is 1. The van der Waals surface area contributed by atoms with Gasteiger partial charge in [0, 0.05) is 32.9 Å². The fraction of sp³-hybridized carbons (Fsp3) is 0.368. The standard InChI is InChI=1S/C19H22ClN3O4S/c1-22-10-4-5-15(18(22)24)19(25)23-11-8-14(9-12-23)13-21-28(26,27)17-7-3-2-6-16(17)20/h2-7,10,14,21H,8-9,11-13H2,1H3. The highest BCUT2D eigenvalue weighted by atomic mass is 35.5. The number of nitrogens with one attached hydrogen (secondary N) is 1. The molecule has 7 nitrogen and oxygen atoms in total.